The van der Waals surface area contributed by atoms with E-state index < -0.39 is 10.5 Å². The Morgan fingerprint density at radius 2 is 1.80 bits per heavy atom. The molecule has 0 saturated heterocycles. The lowest BCUT2D eigenvalue weighted by Gasteiger charge is -2.23. The first-order valence-corrected chi connectivity index (χ1v) is 6.16. The summed E-state index contributed by atoms with van der Waals surface area (Å²) in [6, 6.07) is 2.71. The van der Waals surface area contributed by atoms with Crippen molar-refractivity contribution in [3.05, 3.63) is 22.2 Å². The molecule has 1 aromatic rings. The number of nitrogens with two attached hydrogens (primary N) is 1. The van der Waals surface area contributed by atoms with Crippen molar-refractivity contribution in [3.8, 4) is 17.2 Å². The van der Waals surface area contributed by atoms with Crippen molar-refractivity contribution in [2.24, 2.45) is 5.73 Å². The molecular formula is C13H20N2O5. The maximum Gasteiger partial charge on any atom is 0.314 e. The predicted molar refractivity (Wildman–Crippen MR) is 74.6 cm³/mol. The molecule has 20 heavy (non-hydrogen) atoms. The molecule has 7 heteroatoms. The van der Waals surface area contributed by atoms with Crippen LogP contribution in [-0.4, -0.2) is 31.3 Å². The zero-order chi connectivity index (χ0) is 15.3. The molecule has 2 N–H and O–H groups in total. The van der Waals surface area contributed by atoms with Gasteiger partial charge in [-0.15, -0.1) is 0 Å². The van der Waals surface area contributed by atoms with Crippen LogP contribution in [0.3, 0.4) is 0 Å². The summed E-state index contributed by atoms with van der Waals surface area (Å²) in [6.45, 7) is 3.91. The number of hydrogen-bond acceptors (Lipinski definition) is 6. The Hall–Kier alpha value is -2.02. The summed E-state index contributed by atoms with van der Waals surface area (Å²) < 4.78 is 15.6. The highest BCUT2D eigenvalue weighted by atomic mass is 16.6. The average molecular weight is 284 g/mol. The lowest BCUT2D eigenvalue weighted by Crippen LogP contribution is -2.41. The maximum atomic E-state index is 11.1. The molecule has 1 aromatic carbocycles. The molecule has 0 bridgehead atoms. The average Bonchev–Trinajstić information content (AvgIpc) is 2.43. The lowest BCUT2D eigenvalue weighted by atomic mass is 10.0. The van der Waals surface area contributed by atoms with E-state index in [1.54, 1.807) is 0 Å². The van der Waals surface area contributed by atoms with Crippen molar-refractivity contribution in [2.75, 3.05) is 20.8 Å². The highest BCUT2D eigenvalue weighted by Crippen LogP contribution is 2.39. The van der Waals surface area contributed by atoms with E-state index in [9.17, 15) is 10.1 Å². The van der Waals surface area contributed by atoms with Gasteiger partial charge in [0.2, 0.25) is 5.75 Å². The Balaban J connectivity index is 3.13. The van der Waals surface area contributed by atoms with E-state index in [-0.39, 0.29) is 23.8 Å². The second-order valence-electron chi connectivity index (χ2n) is 4.73. The number of benzene rings is 1. The quantitative estimate of drug-likeness (QED) is 0.608. The highest BCUT2D eigenvalue weighted by molar-refractivity contribution is 5.58. The van der Waals surface area contributed by atoms with Gasteiger partial charge in [-0.1, -0.05) is 6.92 Å². The maximum absolute atomic E-state index is 11.1. The normalized spacial score (nSPS) is 13.4. The second-order valence-corrected chi connectivity index (χ2v) is 4.73. The van der Waals surface area contributed by atoms with Crippen LogP contribution in [0.25, 0.3) is 0 Å². The van der Waals surface area contributed by atoms with E-state index >= 15 is 0 Å². The van der Waals surface area contributed by atoms with Crippen LogP contribution in [0.2, 0.25) is 0 Å². The number of nitro benzene ring substituents is 1. The Labute approximate surface area is 117 Å². The molecule has 0 spiro atoms. The first kappa shape index (κ1) is 16.0. The molecule has 0 saturated carbocycles. The molecule has 1 rings (SSSR count). The zero-order valence-corrected chi connectivity index (χ0v) is 12.1. The van der Waals surface area contributed by atoms with Gasteiger partial charge in [0.25, 0.3) is 0 Å². The summed E-state index contributed by atoms with van der Waals surface area (Å²) in [6.07, 6.45) is 0.689. The molecular weight excluding hydrogens is 264 g/mol. The third-order valence-corrected chi connectivity index (χ3v) is 3.03. The van der Waals surface area contributed by atoms with Crippen molar-refractivity contribution in [2.45, 2.75) is 25.8 Å². The smallest absolute Gasteiger partial charge is 0.314 e. The fourth-order valence-electron chi connectivity index (χ4n) is 1.45. The summed E-state index contributed by atoms with van der Waals surface area (Å²) in [4.78, 5) is 10.6. The van der Waals surface area contributed by atoms with E-state index in [4.69, 9.17) is 19.9 Å². The number of nitro groups is 1. The third kappa shape index (κ3) is 3.74. The predicted octanol–water partition coefficient (Wildman–Crippen LogP) is 2.12. The molecule has 0 heterocycles. The van der Waals surface area contributed by atoms with Gasteiger partial charge in [0.15, 0.2) is 11.5 Å². The summed E-state index contributed by atoms with van der Waals surface area (Å²) in [7, 11) is 2.86. The first-order chi connectivity index (χ1) is 9.34. The molecule has 112 valence electrons. The molecule has 7 nitrogen and oxygen atoms in total. The van der Waals surface area contributed by atoms with Crippen molar-refractivity contribution >= 4 is 5.69 Å². The monoisotopic (exact) mass is 284 g/mol. The minimum absolute atomic E-state index is 0.109. The summed E-state index contributed by atoms with van der Waals surface area (Å²) >= 11 is 0. The SMILES string of the molecule is CCC(C)(N)COc1cc(OC)c(OC)cc1[N+](=O)[O-]. The highest BCUT2D eigenvalue weighted by Gasteiger charge is 2.24. The van der Waals surface area contributed by atoms with Gasteiger partial charge in [0.1, 0.15) is 6.61 Å². The molecule has 0 aliphatic rings. The molecule has 0 aliphatic heterocycles. The molecule has 0 aromatic heterocycles. The summed E-state index contributed by atoms with van der Waals surface area (Å²) in [5, 5.41) is 11.1. The van der Waals surface area contributed by atoms with Crippen LogP contribution in [0.4, 0.5) is 5.69 Å². The number of rotatable bonds is 7. The van der Waals surface area contributed by atoms with Crippen LogP contribution < -0.4 is 19.9 Å². The van der Waals surface area contributed by atoms with Gasteiger partial charge in [-0.3, -0.25) is 10.1 Å². The molecule has 0 amide bonds. The van der Waals surface area contributed by atoms with Crippen LogP contribution >= 0.6 is 0 Å². The number of nitrogens with zero attached hydrogens (tertiary/aromatic N) is 1. The van der Waals surface area contributed by atoms with Gasteiger partial charge in [-0.2, -0.15) is 0 Å². The fourth-order valence-corrected chi connectivity index (χ4v) is 1.45. The topological polar surface area (TPSA) is 96.9 Å². The van der Waals surface area contributed by atoms with E-state index in [0.717, 1.165) is 0 Å². The van der Waals surface area contributed by atoms with Crippen LogP contribution in [0.5, 0.6) is 17.2 Å². The summed E-state index contributed by atoms with van der Waals surface area (Å²) in [5.74, 6) is 0.749. The van der Waals surface area contributed by atoms with Gasteiger partial charge in [-0.25, -0.2) is 0 Å². The first-order valence-electron chi connectivity index (χ1n) is 6.16. The van der Waals surface area contributed by atoms with Crippen LogP contribution in [0.1, 0.15) is 20.3 Å². The van der Waals surface area contributed by atoms with Gasteiger partial charge in [-0.05, 0) is 13.3 Å². The molecule has 1 unspecified atom stereocenters. The number of hydrogen-bond donors (Lipinski definition) is 1. The van der Waals surface area contributed by atoms with E-state index in [0.29, 0.717) is 12.2 Å². The van der Waals surface area contributed by atoms with Crippen LogP contribution in [-0.2, 0) is 0 Å². The van der Waals surface area contributed by atoms with Crippen molar-refractivity contribution in [1.82, 2.24) is 0 Å². The molecule has 1 atom stereocenters. The number of methoxy groups -OCH3 is 2. The van der Waals surface area contributed by atoms with E-state index in [1.807, 2.05) is 13.8 Å². The van der Waals surface area contributed by atoms with E-state index in [1.165, 1.54) is 26.4 Å². The molecule has 0 aliphatic carbocycles. The van der Waals surface area contributed by atoms with Crippen molar-refractivity contribution in [1.29, 1.82) is 0 Å². The van der Waals surface area contributed by atoms with Crippen molar-refractivity contribution in [3.63, 3.8) is 0 Å². The van der Waals surface area contributed by atoms with Crippen LogP contribution in [0, 0.1) is 10.1 Å². The Morgan fingerprint density at radius 3 is 2.25 bits per heavy atom. The largest absolute Gasteiger partial charge is 0.493 e. The van der Waals surface area contributed by atoms with Gasteiger partial charge >= 0.3 is 5.69 Å². The minimum atomic E-state index is -0.555. The number of ether oxygens (including phenoxy) is 3. The zero-order valence-electron chi connectivity index (χ0n) is 12.1. The standard InChI is InChI=1S/C13H20N2O5/c1-5-13(2,14)8-20-10-7-12(19-4)11(18-3)6-9(10)15(16)17/h6-7H,5,8,14H2,1-4H3. The van der Waals surface area contributed by atoms with Gasteiger partial charge < -0.3 is 19.9 Å². The van der Waals surface area contributed by atoms with Gasteiger partial charge in [0, 0.05) is 11.6 Å². The Bertz CT molecular complexity index is 488. The van der Waals surface area contributed by atoms with Gasteiger partial charge in [0.05, 0.1) is 25.2 Å². The van der Waals surface area contributed by atoms with Crippen LogP contribution in [0.15, 0.2) is 12.1 Å². The third-order valence-electron chi connectivity index (χ3n) is 3.03. The minimum Gasteiger partial charge on any atom is -0.493 e. The van der Waals surface area contributed by atoms with E-state index in [2.05, 4.69) is 0 Å². The summed E-state index contributed by atoms with van der Waals surface area (Å²) in [5.41, 5.74) is 5.23. The Morgan fingerprint density at radius 1 is 1.25 bits per heavy atom. The fraction of sp³-hybridized carbons (Fsp3) is 0.538. The second kappa shape index (κ2) is 6.42. The van der Waals surface area contributed by atoms with Crippen molar-refractivity contribution < 1.29 is 19.1 Å². The Kier molecular flexibility index (Phi) is 5.15. The lowest BCUT2D eigenvalue weighted by molar-refractivity contribution is -0.386. The molecule has 0 radical (unpaired) electrons. The molecule has 0 fully saturated rings.